The topological polar surface area (TPSA) is 62.7 Å². The summed E-state index contributed by atoms with van der Waals surface area (Å²) in [5, 5.41) is 9.11. The first kappa shape index (κ1) is 14.0. The third-order valence-electron chi connectivity index (χ3n) is 3.87. The highest BCUT2D eigenvalue weighted by Gasteiger charge is 2.17. The van der Waals surface area contributed by atoms with Crippen molar-refractivity contribution >= 4 is 49.3 Å². The average Bonchev–Trinajstić information content (AvgIpc) is 3.10. The first-order valence-corrected chi connectivity index (χ1v) is 7.92. The number of hydrogen-bond acceptors (Lipinski definition) is 2. The molecule has 1 amide bonds. The minimum Gasteiger partial charge on any atom is -0.359 e. The Labute approximate surface area is 140 Å². The zero-order valence-corrected chi connectivity index (χ0v) is 13.9. The van der Waals surface area contributed by atoms with E-state index < -0.39 is 0 Å². The maximum absolute atomic E-state index is 12.7. The number of halogens is 1. The number of benzene rings is 2. The van der Waals surface area contributed by atoms with Crippen molar-refractivity contribution in [3.05, 3.63) is 58.8 Å². The lowest BCUT2D eigenvalue weighted by atomic mass is 10.2. The van der Waals surface area contributed by atoms with E-state index in [1.807, 2.05) is 49.5 Å². The molecule has 0 aliphatic heterocycles. The van der Waals surface area contributed by atoms with Gasteiger partial charge in [-0.3, -0.25) is 9.48 Å². The van der Waals surface area contributed by atoms with Gasteiger partial charge in [0.1, 0.15) is 0 Å². The molecular formula is C17H13BrN4O. The Morgan fingerprint density at radius 3 is 2.91 bits per heavy atom. The van der Waals surface area contributed by atoms with Gasteiger partial charge in [0.15, 0.2) is 5.69 Å². The van der Waals surface area contributed by atoms with Crippen LogP contribution in [0.2, 0.25) is 0 Å². The molecule has 0 atom stereocenters. The van der Waals surface area contributed by atoms with E-state index in [0.717, 1.165) is 32.0 Å². The first-order valence-electron chi connectivity index (χ1n) is 7.13. The maximum atomic E-state index is 12.7. The number of rotatable bonds is 2. The number of aromatic amines is 1. The minimum atomic E-state index is -0.220. The number of aromatic nitrogens is 3. The predicted molar refractivity (Wildman–Crippen MR) is 94.7 cm³/mol. The van der Waals surface area contributed by atoms with E-state index in [9.17, 15) is 4.79 Å². The van der Waals surface area contributed by atoms with Crippen LogP contribution in [-0.2, 0) is 7.05 Å². The van der Waals surface area contributed by atoms with E-state index in [-0.39, 0.29) is 5.91 Å². The molecule has 0 unspecified atom stereocenters. The summed E-state index contributed by atoms with van der Waals surface area (Å²) in [5.74, 6) is -0.220. The van der Waals surface area contributed by atoms with Gasteiger partial charge in [0.05, 0.1) is 11.2 Å². The molecule has 0 saturated carbocycles. The van der Waals surface area contributed by atoms with Crippen LogP contribution in [0.3, 0.4) is 0 Å². The van der Waals surface area contributed by atoms with Gasteiger partial charge in [-0.05, 0) is 24.3 Å². The number of H-pyrrole nitrogens is 1. The summed E-state index contributed by atoms with van der Waals surface area (Å²) in [6, 6.07) is 13.6. The van der Waals surface area contributed by atoms with E-state index in [0.29, 0.717) is 5.69 Å². The van der Waals surface area contributed by atoms with Crippen LogP contribution in [0.25, 0.3) is 21.8 Å². The molecule has 0 aliphatic carbocycles. The molecule has 2 aromatic carbocycles. The van der Waals surface area contributed by atoms with E-state index >= 15 is 0 Å². The Balaban J connectivity index is 1.75. The third kappa shape index (κ3) is 2.31. The van der Waals surface area contributed by atoms with Gasteiger partial charge in [-0.1, -0.05) is 34.1 Å². The van der Waals surface area contributed by atoms with Crippen molar-refractivity contribution in [3.63, 3.8) is 0 Å². The molecule has 114 valence electrons. The van der Waals surface area contributed by atoms with E-state index in [2.05, 4.69) is 31.3 Å². The Kier molecular flexibility index (Phi) is 3.20. The molecule has 0 bridgehead atoms. The molecule has 0 saturated heterocycles. The number of hydrogen-bond donors (Lipinski definition) is 2. The largest absolute Gasteiger partial charge is 0.359 e. The fourth-order valence-electron chi connectivity index (χ4n) is 2.75. The van der Waals surface area contributed by atoms with E-state index in [1.54, 1.807) is 10.9 Å². The van der Waals surface area contributed by atoms with E-state index in [4.69, 9.17) is 0 Å². The van der Waals surface area contributed by atoms with Crippen LogP contribution in [0.4, 0.5) is 5.69 Å². The molecule has 6 heteroatoms. The van der Waals surface area contributed by atoms with Gasteiger partial charge in [-0.15, -0.1) is 0 Å². The number of para-hydroxylation sites is 1. The monoisotopic (exact) mass is 368 g/mol. The highest BCUT2D eigenvalue weighted by molar-refractivity contribution is 9.10. The predicted octanol–water partition coefficient (Wildman–Crippen LogP) is 4.07. The third-order valence-corrected chi connectivity index (χ3v) is 4.36. The quantitative estimate of drug-likeness (QED) is 0.560. The molecule has 5 nitrogen and oxygen atoms in total. The summed E-state index contributed by atoms with van der Waals surface area (Å²) in [4.78, 5) is 15.8. The highest BCUT2D eigenvalue weighted by Crippen LogP contribution is 2.26. The smallest absolute Gasteiger partial charge is 0.276 e. The SMILES string of the molecule is Cn1nc(C(=O)Nc2c[nH]c3ccccc23)c2ccc(Br)cc21. The number of anilines is 1. The zero-order valence-electron chi connectivity index (χ0n) is 12.3. The lowest BCUT2D eigenvalue weighted by molar-refractivity contribution is 0.102. The molecule has 2 aromatic heterocycles. The molecule has 2 heterocycles. The van der Waals surface area contributed by atoms with Gasteiger partial charge >= 0.3 is 0 Å². The molecule has 4 rings (SSSR count). The van der Waals surface area contributed by atoms with Crippen molar-refractivity contribution in [1.82, 2.24) is 14.8 Å². The van der Waals surface area contributed by atoms with Crippen LogP contribution < -0.4 is 5.32 Å². The van der Waals surface area contributed by atoms with Crippen LogP contribution >= 0.6 is 15.9 Å². The molecule has 0 fully saturated rings. The average molecular weight is 369 g/mol. The maximum Gasteiger partial charge on any atom is 0.276 e. The molecule has 2 N–H and O–H groups in total. The fraction of sp³-hybridized carbons (Fsp3) is 0.0588. The summed E-state index contributed by atoms with van der Waals surface area (Å²) in [6.07, 6.45) is 1.80. The van der Waals surface area contributed by atoms with Gasteiger partial charge in [0.2, 0.25) is 0 Å². The Bertz CT molecular complexity index is 1050. The lowest BCUT2D eigenvalue weighted by Crippen LogP contribution is -2.13. The van der Waals surface area contributed by atoms with Crippen LogP contribution in [0, 0.1) is 0 Å². The Morgan fingerprint density at radius 1 is 1.22 bits per heavy atom. The molecule has 23 heavy (non-hydrogen) atoms. The zero-order chi connectivity index (χ0) is 16.0. The van der Waals surface area contributed by atoms with Gasteiger partial charge in [0, 0.05) is 34.0 Å². The molecule has 4 aromatic rings. The second-order valence-electron chi connectivity index (χ2n) is 5.34. The lowest BCUT2D eigenvalue weighted by Gasteiger charge is -2.02. The van der Waals surface area contributed by atoms with Crippen molar-refractivity contribution < 1.29 is 4.79 Å². The van der Waals surface area contributed by atoms with Crippen molar-refractivity contribution in [2.75, 3.05) is 5.32 Å². The van der Waals surface area contributed by atoms with Gasteiger partial charge < -0.3 is 10.3 Å². The number of amides is 1. The summed E-state index contributed by atoms with van der Waals surface area (Å²) in [6.45, 7) is 0. The summed E-state index contributed by atoms with van der Waals surface area (Å²) in [5.41, 5.74) is 3.06. The van der Waals surface area contributed by atoms with Crippen LogP contribution in [-0.4, -0.2) is 20.7 Å². The van der Waals surface area contributed by atoms with E-state index in [1.165, 1.54) is 0 Å². The molecular weight excluding hydrogens is 356 g/mol. The molecule has 0 aliphatic rings. The number of carbonyl (C=O) groups is 1. The fourth-order valence-corrected chi connectivity index (χ4v) is 3.10. The van der Waals surface area contributed by atoms with Gasteiger partial charge in [-0.25, -0.2) is 0 Å². The number of nitrogens with zero attached hydrogens (tertiary/aromatic N) is 2. The molecule has 0 radical (unpaired) electrons. The summed E-state index contributed by atoms with van der Waals surface area (Å²) >= 11 is 3.44. The Hall–Kier alpha value is -2.60. The summed E-state index contributed by atoms with van der Waals surface area (Å²) in [7, 11) is 1.83. The van der Waals surface area contributed by atoms with Crippen molar-refractivity contribution in [3.8, 4) is 0 Å². The number of aryl methyl sites for hydroxylation is 1. The Morgan fingerprint density at radius 2 is 2.04 bits per heavy atom. The van der Waals surface area contributed by atoms with Crippen LogP contribution in [0.1, 0.15) is 10.5 Å². The van der Waals surface area contributed by atoms with Crippen LogP contribution in [0.15, 0.2) is 53.1 Å². The van der Waals surface area contributed by atoms with Gasteiger partial charge in [-0.2, -0.15) is 5.10 Å². The van der Waals surface area contributed by atoms with Gasteiger partial charge in [0.25, 0.3) is 5.91 Å². The number of carbonyl (C=O) groups excluding carboxylic acids is 1. The second-order valence-corrected chi connectivity index (χ2v) is 6.25. The highest BCUT2D eigenvalue weighted by atomic mass is 79.9. The van der Waals surface area contributed by atoms with Crippen molar-refractivity contribution in [1.29, 1.82) is 0 Å². The number of fused-ring (bicyclic) bond motifs is 2. The second kappa shape index (κ2) is 5.24. The standard InChI is InChI=1S/C17H13BrN4O/c1-22-15-8-10(18)6-7-12(15)16(21-22)17(23)20-14-9-19-13-5-3-2-4-11(13)14/h2-9,19H,1H3,(H,20,23). The van der Waals surface area contributed by atoms with Crippen molar-refractivity contribution in [2.24, 2.45) is 7.05 Å². The first-order chi connectivity index (χ1) is 11.1. The van der Waals surface area contributed by atoms with Crippen LogP contribution in [0.5, 0.6) is 0 Å². The normalized spacial score (nSPS) is 11.2. The summed E-state index contributed by atoms with van der Waals surface area (Å²) < 4.78 is 2.67. The number of nitrogens with one attached hydrogen (secondary N) is 2. The minimum absolute atomic E-state index is 0.220. The van der Waals surface area contributed by atoms with Crippen molar-refractivity contribution in [2.45, 2.75) is 0 Å². The molecule has 0 spiro atoms.